The molecule has 1 aromatic rings. The molecule has 0 unspecified atom stereocenters. The van der Waals surface area contributed by atoms with Crippen LogP contribution in [0, 0.1) is 0 Å². The molecule has 0 atom stereocenters. The van der Waals surface area contributed by atoms with Crippen molar-refractivity contribution in [3.63, 3.8) is 0 Å². The molecule has 0 fully saturated rings. The van der Waals surface area contributed by atoms with Gasteiger partial charge < -0.3 is 5.11 Å². The second-order valence-electron chi connectivity index (χ2n) is 3.57. The van der Waals surface area contributed by atoms with Gasteiger partial charge in [0, 0.05) is 11.6 Å². The van der Waals surface area contributed by atoms with Gasteiger partial charge in [-0.25, -0.2) is 4.79 Å². The third kappa shape index (κ3) is 3.22. The highest BCUT2D eigenvalue weighted by atomic mass is 35.5. The number of carboxylic acid groups (broad SMARTS) is 1. The van der Waals surface area contributed by atoms with Crippen molar-refractivity contribution in [1.29, 1.82) is 0 Å². The fourth-order valence-corrected chi connectivity index (χ4v) is 1.74. The van der Waals surface area contributed by atoms with Crippen LogP contribution in [-0.2, 0) is 6.54 Å². The molecule has 0 bridgehead atoms. The number of hydrogen-bond acceptors (Lipinski definition) is 2. The standard InChI is InChI=1S/C12H16ClNO2/c1-3-14(4-2)8-10-6-5-9(12(15)16)7-11(10)13/h5-7H,3-4,8H2,1-2H3,(H,15,16). The first kappa shape index (κ1) is 13.0. The fraction of sp³-hybridized carbons (Fsp3) is 0.417. The van der Waals surface area contributed by atoms with E-state index in [1.54, 1.807) is 12.1 Å². The number of hydrogen-bond donors (Lipinski definition) is 1. The van der Waals surface area contributed by atoms with Crippen LogP contribution in [0.15, 0.2) is 18.2 Å². The number of carbonyl (C=O) groups is 1. The van der Waals surface area contributed by atoms with Gasteiger partial charge >= 0.3 is 5.97 Å². The lowest BCUT2D eigenvalue weighted by Gasteiger charge is -2.18. The minimum Gasteiger partial charge on any atom is -0.478 e. The highest BCUT2D eigenvalue weighted by molar-refractivity contribution is 6.31. The first-order valence-electron chi connectivity index (χ1n) is 5.32. The van der Waals surface area contributed by atoms with Gasteiger partial charge in [-0.1, -0.05) is 31.5 Å². The predicted octanol–water partition coefficient (Wildman–Crippen LogP) is 2.88. The summed E-state index contributed by atoms with van der Waals surface area (Å²) in [5, 5.41) is 9.33. The van der Waals surface area contributed by atoms with Gasteiger partial charge in [-0.15, -0.1) is 0 Å². The number of rotatable bonds is 5. The van der Waals surface area contributed by atoms with Gasteiger partial charge in [0.1, 0.15) is 0 Å². The topological polar surface area (TPSA) is 40.5 Å². The Morgan fingerprint density at radius 3 is 2.44 bits per heavy atom. The number of aromatic carboxylic acids is 1. The zero-order valence-electron chi connectivity index (χ0n) is 9.53. The molecular formula is C12H16ClNO2. The maximum atomic E-state index is 10.7. The van der Waals surface area contributed by atoms with Gasteiger partial charge in [-0.3, -0.25) is 4.90 Å². The minimum atomic E-state index is -0.948. The summed E-state index contributed by atoms with van der Waals surface area (Å²) in [7, 11) is 0. The van der Waals surface area contributed by atoms with Crippen molar-refractivity contribution in [3.05, 3.63) is 34.3 Å². The third-order valence-electron chi connectivity index (χ3n) is 2.59. The summed E-state index contributed by atoms with van der Waals surface area (Å²) in [6, 6.07) is 4.87. The van der Waals surface area contributed by atoms with Crippen molar-refractivity contribution in [3.8, 4) is 0 Å². The lowest BCUT2D eigenvalue weighted by Crippen LogP contribution is -2.22. The zero-order valence-corrected chi connectivity index (χ0v) is 10.3. The van der Waals surface area contributed by atoms with Crippen molar-refractivity contribution in [2.45, 2.75) is 20.4 Å². The average Bonchev–Trinajstić information content (AvgIpc) is 2.27. The van der Waals surface area contributed by atoms with Gasteiger partial charge in [-0.05, 0) is 30.8 Å². The van der Waals surface area contributed by atoms with E-state index in [0.717, 1.165) is 25.2 Å². The van der Waals surface area contributed by atoms with Crippen LogP contribution in [0.25, 0.3) is 0 Å². The predicted molar refractivity (Wildman–Crippen MR) is 65.0 cm³/mol. The SMILES string of the molecule is CCN(CC)Cc1ccc(C(=O)O)cc1Cl. The number of nitrogens with zero attached hydrogens (tertiary/aromatic N) is 1. The smallest absolute Gasteiger partial charge is 0.335 e. The zero-order chi connectivity index (χ0) is 12.1. The lowest BCUT2D eigenvalue weighted by molar-refractivity contribution is 0.0697. The summed E-state index contributed by atoms with van der Waals surface area (Å²) < 4.78 is 0. The van der Waals surface area contributed by atoms with Gasteiger partial charge in [0.25, 0.3) is 0 Å². The fourth-order valence-electron chi connectivity index (χ4n) is 1.50. The molecule has 4 heteroatoms. The van der Waals surface area contributed by atoms with Crippen LogP contribution in [0.1, 0.15) is 29.8 Å². The van der Waals surface area contributed by atoms with Gasteiger partial charge in [0.2, 0.25) is 0 Å². The van der Waals surface area contributed by atoms with Crippen LogP contribution < -0.4 is 0 Å². The molecule has 0 amide bonds. The van der Waals surface area contributed by atoms with E-state index in [2.05, 4.69) is 18.7 Å². The number of carboxylic acids is 1. The Hall–Kier alpha value is -1.06. The van der Waals surface area contributed by atoms with Crippen molar-refractivity contribution in [2.75, 3.05) is 13.1 Å². The molecule has 0 radical (unpaired) electrons. The van der Waals surface area contributed by atoms with Crippen molar-refractivity contribution >= 4 is 17.6 Å². The van der Waals surface area contributed by atoms with Gasteiger partial charge in [0.05, 0.1) is 5.56 Å². The molecule has 0 aliphatic heterocycles. The molecule has 1 N–H and O–H groups in total. The van der Waals surface area contributed by atoms with Crippen molar-refractivity contribution in [1.82, 2.24) is 4.90 Å². The van der Waals surface area contributed by atoms with Crippen LogP contribution in [-0.4, -0.2) is 29.1 Å². The highest BCUT2D eigenvalue weighted by Gasteiger charge is 2.09. The number of halogens is 1. The molecule has 0 heterocycles. The molecule has 0 saturated heterocycles. The van der Waals surface area contributed by atoms with Crippen LogP contribution in [0.2, 0.25) is 5.02 Å². The Balaban J connectivity index is 2.86. The first-order chi connectivity index (χ1) is 7.58. The van der Waals surface area contributed by atoms with Crippen LogP contribution in [0.5, 0.6) is 0 Å². The molecule has 0 saturated carbocycles. The van der Waals surface area contributed by atoms with Gasteiger partial charge in [0.15, 0.2) is 0 Å². The Bertz CT molecular complexity index is 375. The summed E-state index contributed by atoms with van der Waals surface area (Å²) in [6.45, 7) is 6.83. The molecule has 1 aromatic carbocycles. The second kappa shape index (κ2) is 5.87. The molecule has 3 nitrogen and oxygen atoms in total. The van der Waals surface area contributed by atoms with E-state index in [1.165, 1.54) is 6.07 Å². The van der Waals surface area contributed by atoms with Crippen LogP contribution in [0.3, 0.4) is 0 Å². The number of benzene rings is 1. The highest BCUT2D eigenvalue weighted by Crippen LogP contribution is 2.19. The largest absolute Gasteiger partial charge is 0.478 e. The Labute approximate surface area is 101 Å². The van der Waals surface area contributed by atoms with Crippen molar-refractivity contribution in [2.24, 2.45) is 0 Å². The summed E-state index contributed by atoms with van der Waals surface area (Å²) in [6.07, 6.45) is 0. The monoisotopic (exact) mass is 241 g/mol. The normalized spacial score (nSPS) is 10.8. The van der Waals surface area contributed by atoms with E-state index >= 15 is 0 Å². The van der Waals surface area contributed by atoms with Gasteiger partial charge in [-0.2, -0.15) is 0 Å². The van der Waals surface area contributed by atoms with E-state index in [1.807, 2.05) is 0 Å². The van der Waals surface area contributed by atoms with Crippen LogP contribution in [0.4, 0.5) is 0 Å². The lowest BCUT2D eigenvalue weighted by atomic mass is 10.1. The molecule has 88 valence electrons. The quantitative estimate of drug-likeness (QED) is 0.862. The Morgan fingerprint density at radius 1 is 1.38 bits per heavy atom. The first-order valence-corrected chi connectivity index (χ1v) is 5.70. The van der Waals surface area contributed by atoms with E-state index in [0.29, 0.717) is 5.02 Å². The molecular weight excluding hydrogens is 226 g/mol. The maximum absolute atomic E-state index is 10.7. The Kier molecular flexibility index (Phi) is 4.77. The Morgan fingerprint density at radius 2 is 2.00 bits per heavy atom. The summed E-state index contributed by atoms with van der Waals surface area (Å²) >= 11 is 6.04. The van der Waals surface area contributed by atoms with Crippen LogP contribution >= 0.6 is 11.6 Å². The maximum Gasteiger partial charge on any atom is 0.335 e. The summed E-state index contributed by atoms with van der Waals surface area (Å²) in [5.41, 5.74) is 1.20. The second-order valence-corrected chi connectivity index (χ2v) is 3.98. The van der Waals surface area contributed by atoms with E-state index in [-0.39, 0.29) is 5.56 Å². The molecule has 0 aliphatic rings. The molecule has 1 rings (SSSR count). The molecule has 0 spiro atoms. The third-order valence-corrected chi connectivity index (χ3v) is 2.94. The van der Waals surface area contributed by atoms with E-state index in [4.69, 9.17) is 16.7 Å². The molecule has 0 aromatic heterocycles. The minimum absolute atomic E-state index is 0.230. The molecule has 0 aliphatic carbocycles. The average molecular weight is 242 g/mol. The van der Waals surface area contributed by atoms with Crippen molar-refractivity contribution < 1.29 is 9.90 Å². The summed E-state index contributed by atoms with van der Waals surface area (Å²) in [4.78, 5) is 13.0. The summed E-state index contributed by atoms with van der Waals surface area (Å²) in [5.74, 6) is -0.948. The van der Waals surface area contributed by atoms with E-state index < -0.39 is 5.97 Å². The van der Waals surface area contributed by atoms with E-state index in [9.17, 15) is 4.79 Å². The molecule has 16 heavy (non-hydrogen) atoms.